The van der Waals surface area contributed by atoms with Crippen LogP contribution in [0.25, 0.3) is 0 Å². The van der Waals surface area contributed by atoms with Crippen molar-refractivity contribution in [1.29, 1.82) is 0 Å². The fraction of sp³-hybridized carbons (Fsp3) is 0.550. The number of amides is 2. The molecule has 1 rings (SSSR count). The molecule has 0 unspecified atom stereocenters. The Balaban J connectivity index is 2.80. The predicted octanol–water partition coefficient (Wildman–Crippen LogP) is 3.62. The molecule has 6 nitrogen and oxygen atoms in total. The van der Waals surface area contributed by atoms with Crippen molar-refractivity contribution in [2.24, 2.45) is 0 Å². The first-order chi connectivity index (χ1) is 12.5. The van der Waals surface area contributed by atoms with E-state index in [2.05, 4.69) is 12.2 Å². The highest BCUT2D eigenvalue weighted by molar-refractivity contribution is 5.97. The van der Waals surface area contributed by atoms with Crippen LogP contribution in [0.5, 0.6) is 0 Å². The van der Waals surface area contributed by atoms with Gasteiger partial charge in [-0.05, 0) is 31.5 Å². The maximum Gasteiger partial charge on any atom is 0.307 e. The van der Waals surface area contributed by atoms with Crippen LogP contribution in [0, 0.1) is 0 Å². The molecular formula is C20H30N2O4. The Bertz CT molecular complexity index is 601. The largest absolute Gasteiger partial charge is 0.466 e. The van der Waals surface area contributed by atoms with Crippen LogP contribution in [0.1, 0.15) is 63.2 Å². The average molecular weight is 362 g/mol. The van der Waals surface area contributed by atoms with E-state index in [9.17, 15) is 14.4 Å². The lowest BCUT2D eigenvalue weighted by molar-refractivity contribution is -0.143. The molecule has 0 saturated heterocycles. The van der Waals surface area contributed by atoms with Crippen LogP contribution in [-0.4, -0.2) is 42.4 Å². The Kier molecular flexibility index (Phi) is 10.1. The van der Waals surface area contributed by atoms with Crippen LogP contribution in [0.3, 0.4) is 0 Å². The molecule has 144 valence electrons. The lowest BCUT2D eigenvalue weighted by Crippen LogP contribution is -2.34. The van der Waals surface area contributed by atoms with Gasteiger partial charge in [0, 0.05) is 31.3 Å². The molecule has 0 spiro atoms. The smallest absolute Gasteiger partial charge is 0.307 e. The van der Waals surface area contributed by atoms with Crippen LogP contribution in [-0.2, 0) is 14.3 Å². The fourth-order valence-corrected chi connectivity index (χ4v) is 2.62. The first kappa shape index (κ1) is 21.7. The van der Waals surface area contributed by atoms with Crippen molar-refractivity contribution in [1.82, 2.24) is 4.90 Å². The third-order valence-electron chi connectivity index (χ3n) is 3.89. The monoisotopic (exact) mass is 362 g/mol. The summed E-state index contributed by atoms with van der Waals surface area (Å²) in [4.78, 5) is 37.4. The van der Waals surface area contributed by atoms with Crippen LogP contribution in [0.4, 0.5) is 5.69 Å². The average Bonchev–Trinajstić information content (AvgIpc) is 2.60. The minimum absolute atomic E-state index is 0.141. The highest BCUT2D eigenvalue weighted by Gasteiger charge is 2.17. The molecule has 1 N–H and O–H groups in total. The zero-order valence-electron chi connectivity index (χ0n) is 16.0. The number of benzene rings is 1. The summed E-state index contributed by atoms with van der Waals surface area (Å²) in [6.45, 7) is 6.59. The maximum atomic E-state index is 12.9. The third-order valence-corrected chi connectivity index (χ3v) is 3.89. The minimum Gasteiger partial charge on any atom is -0.466 e. The van der Waals surface area contributed by atoms with Crippen LogP contribution in [0.15, 0.2) is 24.3 Å². The minimum atomic E-state index is -0.300. The van der Waals surface area contributed by atoms with Crippen molar-refractivity contribution in [3.8, 4) is 0 Å². The van der Waals surface area contributed by atoms with Gasteiger partial charge < -0.3 is 15.0 Å². The number of nitrogens with one attached hydrogen (secondary N) is 1. The number of hydrogen-bond donors (Lipinski definition) is 1. The molecule has 1 aromatic carbocycles. The van der Waals surface area contributed by atoms with E-state index in [-0.39, 0.29) is 24.2 Å². The number of unbranched alkanes of at least 4 members (excludes halogenated alkanes) is 3. The second-order valence-electron chi connectivity index (χ2n) is 6.17. The zero-order valence-corrected chi connectivity index (χ0v) is 16.0. The van der Waals surface area contributed by atoms with E-state index in [1.54, 1.807) is 36.1 Å². The first-order valence-electron chi connectivity index (χ1n) is 9.30. The Morgan fingerprint density at radius 3 is 2.50 bits per heavy atom. The third kappa shape index (κ3) is 8.14. The van der Waals surface area contributed by atoms with Crippen molar-refractivity contribution in [2.75, 3.05) is 25.0 Å². The summed E-state index contributed by atoms with van der Waals surface area (Å²) in [6, 6.07) is 6.85. The molecule has 0 fully saturated rings. The molecule has 0 aliphatic heterocycles. The zero-order chi connectivity index (χ0) is 19.4. The van der Waals surface area contributed by atoms with E-state index in [0.717, 1.165) is 25.7 Å². The lowest BCUT2D eigenvalue weighted by atomic mass is 10.1. The molecule has 1 aromatic rings. The Labute approximate surface area is 155 Å². The van der Waals surface area contributed by atoms with Gasteiger partial charge in [0.2, 0.25) is 5.91 Å². The number of nitrogens with zero attached hydrogens (tertiary/aromatic N) is 1. The van der Waals surface area contributed by atoms with Gasteiger partial charge >= 0.3 is 5.97 Å². The van der Waals surface area contributed by atoms with Crippen LogP contribution in [0.2, 0.25) is 0 Å². The number of ether oxygens (including phenoxy) is 1. The van der Waals surface area contributed by atoms with Gasteiger partial charge in [-0.2, -0.15) is 0 Å². The molecule has 0 radical (unpaired) electrons. The standard InChI is InChI=1S/C20H30N2O4/c1-4-6-7-8-13-22(14-12-19(24)26-5-2)20(25)17-10-9-11-18(15-17)21-16(3)23/h9-11,15H,4-8,12-14H2,1-3H3,(H,21,23). The van der Waals surface area contributed by atoms with Crippen LogP contribution < -0.4 is 5.32 Å². The SMILES string of the molecule is CCCCCCN(CCC(=O)OCC)C(=O)c1cccc(NC(C)=O)c1. The number of rotatable bonds is 11. The normalized spacial score (nSPS) is 10.3. The topological polar surface area (TPSA) is 75.7 Å². The highest BCUT2D eigenvalue weighted by atomic mass is 16.5. The summed E-state index contributed by atoms with van der Waals surface area (Å²) < 4.78 is 4.96. The number of esters is 1. The van der Waals surface area contributed by atoms with E-state index in [1.165, 1.54) is 6.92 Å². The Morgan fingerprint density at radius 1 is 1.08 bits per heavy atom. The molecule has 0 aromatic heterocycles. The van der Waals surface area contributed by atoms with Crippen molar-refractivity contribution in [3.05, 3.63) is 29.8 Å². The van der Waals surface area contributed by atoms with E-state index in [4.69, 9.17) is 4.74 Å². The van der Waals surface area contributed by atoms with E-state index in [0.29, 0.717) is 30.9 Å². The number of hydrogen-bond acceptors (Lipinski definition) is 4. The summed E-state index contributed by atoms with van der Waals surface area (Å²) in [6.07, 6.45) is 4.37. The summed E-state index contributed by atoms with van der Waals surface area (Å²) in [5.74, 6) is -0.628. The molecule has 0 aliphatic rings. The van der Waals surface area contributed by atoms with E-state index in [1.807, 2.05) is 0 Å². The van der Waals surface area contributed by atoms with Gasteiger partial charge in [0.1, 0.15) is 0 Å². The van der Waals surface area contributed by atoms with Gasteiger partial charge in [0.15, 0.2) is 0 Å². The fourth-order valence-electron chi connectivity index (χ4n) is 2.62. The predicted molar refractivity (Wildman–Crippen MR) is 102 cm³/mol. The van der Waals surface area contributed by atoms with Gasteiger partial charge in [-0.3, -0.25) is 14.4 Å². The summed E-state index contributed by atoms with van der Waals surface area (Å²) >= 11 is 0. The van der Waals surface area contributed by atoms with Crippen molar-refractivity contribution in [3.63, 3.8) is 0 Å². The molecule has 6 heteroatoms. The second kappa shape index (κ2) is 12.1. The second-order valence-corrected chi connectivity index (χ2v) is 6.17. The number of carbonyl (C=O) groups excluding carboxylic acids is 3. The summed E-state index contributed by atoms with van der Waals surface area (Å²) in [5.41, 5.74) is 1.08. The molecule has 26 heavy (non-hydrogen) atoms. The van der Waals surface area contributed by atoms with Gasteiger partial charge in [-0.25, -0.2) is 0 Å². The van der Waals surface area contributed by atoms with E-state index < -0.39 is 0 Å². The molecule has 0 heterocycles. The summed E-state index contributed by atoms with van der Waals surface area (Å²) in [7, 11) is 0. The Morgan fingerprint density at radius 2 is 1.85 bits per heavy atom. The van der Waals surface area contributed by atoms with Gasteiger partial charge in [0.05, 0.1) is 13.0 Å². The quantitative estimate of drug-likeness (QED) is 0.482. The molecule has 2 amide bonds. The number of carbonyl (C=O) groups is 3. The lowest BCUT2D eigenvalue weighted by Gasteiger charge is -2.23. The number of anilines is 1. The molecule has 0 aliphatic carbocycles. The summed E-state index contributed by atoms with van der Waals surface area (Å²) in [5, 5.41) is 2.68. The molecule has 0 bridgehead atoms. The van der Waals surface area contributed by atoms with Gasteiger partial charge in [-0.1, -0.05) is 32.3 Å². The highest BCUT2D eigenvalue weighted by Crippen LogP contribution is 2.14. The van der Waals surface area contributed by atoms with Gasteiger partial charge in [0.25, 0.3) is 5.91 Å². The van der Waals surface area contributed by atoms with Gasteiger partial charge in [-0.15, -0.1) is 0 Å². The molecular weight excluding hydrogens is 332 g/mol. The molecule has 0 atom stereocenters. The Hall–Kier alpha value is -2.37. The molecule has 0 saturated carbocycles. The van der Waals surface area contributed by atoms with Crippen molar-refractivity contribution < 1.29 is 19.1 Å². The van der Waals surface area contributed by atoms with E-state index >= 15 is 0 Å². The maximum absolute atomic E-state index is 12.9. The first-order valence-corrected chi connectivity index (χ1v) is 9.30. The van der Waals surface area contributed by atoms with Crippen molar-refractivity contribution >= 4 is 23.5 Å². The van der Waals surface area contributed by atoms with Crippen molar-refractivity contribution in [2.45, 2.75) is 52.9 Å². The van der Waals surface area contributed by atoms with Crippen LogP contribution >= 0.6 is 0 Å².